The highest BCUT2D eigenvalue weighted by Gasteiger charge is 2.45. The third-order valence-corrected chi connectivity index (χ3v) is 4.77. The second-order valence-corrected chi connectivity index (χ2v) is 6.69. The Bertz CT molecular complexity index is 862. The predicted octanol–water partition coefficient (Wildman–Crippen LogP) is 3.80. The zero-order valence-corrected chi connectivity index (χ0v) is 15.6. The molecule has 1 atom stereocenters. The normalized spacial score (nSPS) is 18.9. The number of nitrogens with zero attached hydrogens (tertiary/aromatic N) is 1. The number of hydrogen-bond acceptors (Lipinski definition) is 4. The van der Waals surface area contributed by atoms with Crippen molar-refractivity contribution in [3.8, 4) is 0 Å². The van der Waals surface area contributed by atoms with E-state index in [2.05, 4.69) is 0 Å². The smallest absolute Gasteiger partial charge is 0.295 e. The number of hydrogen-bond donors (Lipinski definition) is 1. The summed E-state index contributed by atoms with van der Waals surface area (Å²) in [7, 11) is 1.59. The van der Waals surface area contributed by atoms with E-state index in [9.17, 15) is 14.7 Å². The van der Waals surface area contributed by atoms with Crippen molar-refractivity contribution < 1.29 is 19.4 Å². The lowest BCUT2D eigenvalue weighted by atomic mass is 9.95. The standard InChI is InChI=1S/C21H20ClNO4/c1-27-13-5-12-23-18(14-6-3-2-4-7-14)17(20(25)21(23)26)19(24)15-8-10-16(22)11-9-15/h2-4,6-11,18,24H,5,12-13H2,1H3/b19-17+/t18-/m0/s1. The van der Waals surface area contributed by atoms with Gasteiger partial charge in [-0.25, -0.2) is 0 Å². The fraction of sp³-hybridized carbons (Fsp3) is 0.238. The Kier molecular flexibility index (Phi) is 5.94. The summed E-state index contributed by atoms with van der Waals surface area (Å²) in [6, 6.07) is 15.1. The lowest BCUT2D eigenvalue weighted by molar-refractivity contribution is -0.140. The molecule has 27 heavy (non-hydrogen) atoms. The molecule has 0 spiro atoms. The van der Waals surface area contributed by atoms with E-state index in [4.69, 9.17) is 16.3 Å². The van der Waals surface area contributed by atoms with Gasteiger partial charge in [-0.05, 0) is 36.2 Å². The number of methoxy groups -OCH3 is 1. The highest BCUT2D eigenvalue weighted by atomic mass is 35.5. The van der Waals surface area contributed by atoms with Crippen LogP contribution < -0.4 is 0 Å². The first-order valence-electron chi connectivity index (χ1n) is 8.63. The van der Waals surface area contributed by atoms with Crippen LogP contribution in [0.15, 0.2) is 60.2 Å². The number of rotatable bonds is 6. The highest BCUT2D eigenvalue weighted by molar-refractivity contribution is 6.46. The number of halogens is 1. The van der Waals surface area contributed by atoms with E-state index in [-0.39, 0.29) is 11.3 Å². The van der Waals surface area contributed by atoms with Crippen LogP contribution in [0.5, 0.6) is 0 Å². The molecule has 2 aromatic rings. The number of amides is 1. The van der Waals surface area contributed by atoms with E-state index < -0.39 is 17.7 Å². The molecule has 1 saturated heterocycles. The molecular weight excluding hydrogens is 366 g/mol. The van der Waals surface area contributed by atoms with Crippen molar-refractivity contribution in [1.29, 1.82) is 0 Å². The largest absolute Gasteiger partial charge is 0.507 e. The van der Waals surface area contributed by atoms with Crippen LogP contribution in [0.25, 0.3) is 5.76 Å². The molecule has 0 saturated carbocycles. The lowest BCUT2D eigenvalue weighted by Gasteiger charge is -2.25. The summed E-state index contributed by atoms with van der Waals surface area (Å²) in [4.78, 5) is 26.9. The number of carbonyl (C=O) groups excluding carboxylic acids is 2. The zero-order chi connectivity index (χ0) is 19.4. The number of aliphatic hydroxyl groups is 1. The summed E-state index contributed by atoms with van der Waals surface area (Å²) in [6.07, 6.45) is 0.591. The molecule has 0 aromatic heterocycles. The summed E-state index contributed by atoms with van der Waals surface area (Å²) >= 11 is 5.91. The molecule has 0 unspecified atom stereocenters. The average molecular weight is 386 g/mol. The molecule has 1 fully saturated rings. The Morgan fingerprint density at radius 2 is 1.78 bits per heavy atom. The topological polar surface area (TPSA) is 66.8 Å². The van der Waals surface area contributed by atoms with Crippen molar-refractivity contribution in [3.63, 3.8) is 0 Å². The van der Waals surface area contributed by atoms with Crippen LogP contribution in [0, 0.1) is 0 Å². The van der Waals surface area contributed by atoms with Gasteiger partial charge in [-0.2, -0.15) is 0 Å². The third kappa shape index (κ3) is 3.89. The summed E-state index contributed by atoms with van der Waals surface area (Å²) < 4.78 is 5.06. The van der Waals surface area contributed by atoms with Gasteiger partial charge in [0.1, 0.15) is 5.76 Å². The predicted molar refractivity (Wildman–Crippen MR) is 103 cm³/mol. The number of ether oxygens (including phenoxy) is 1. The maximum Gasteiger partial charge on any atom is 0.295 e. The molecular formula is C21H20ClNO4. The van der Waals surface area contributed by atoms with Crippen molar-refractivity contribution in [2.45, 2.75) is 12.5 Å². The van der Waals surface area contributed by atoms with Gasteiger partial charge in [-0.15, -0.1) is 0 Å². The van der Waals surface area contributed by atoms with Crippen molar-refractivity contribution in [3.05, 3.63) is 76.3 Å². The molecule has 140 valence electrons. The molecule has 3 rings (SSSR count). The SMILES string of the molecule is COCCCN1C(=O)C(=O)/C(=C(/O)c2ccc(Cl)cc2)[C@@H]1c1ccccc1. The summed E-state index contributed by atoms with van der Waals surface area (Å²) in [5, 5.41) is 11.4. The lowest BCUT2D eigenvalue weighted by Crippen LogP contribution is -2.31. The Hall–Kier alpha value is -2.63. The van der Waals surface area contributed by atoms with Crippen molar-refractivity contribution in [2.75, 3.05) is 20.3 Å². The van der Waals surface area contributed by atoms with Crippen molar-refractivity contribution >= 4 is 29.1 Å². The second-order valence-electron chi connectivity index (χ2n) is 6.26. The minimum Gasteiger partial charge on any atom is -0.507 e. The molecule has 1 aliphatic heterocycles. The van der Waals surface area contributed by atoms with Gasteiger partial charge < -0.3 is 14.7 Å². The maximum atomic E-state index is 12.7. The van der Waals surface area contributed by atoms with E-state index in [0.29, 0.717) is 30.2 Å². The number of likely N-dealkylation sites (tertiary alicyclic amines) is 1. The fourth-order valence-corrected chi connectivity index (χ4v) is 3.36. The van der Waals surface area contributed by atoms with Gasteiger partial charge >= 0.3 is 0 Å². The van der Waals surface area contributed by atoms with Crippen molar-refractivity contribution in [1.82, 2.24) is 4.90 Å². The molecule has 0 radical (unpaired) electrons. The number of ketones is 1. The number of Topliss-reactive ketones (excluding diaryl/α,β-unsaturated/α-hetero) is 1. The maximum absolute atomic E-state index is 12.7. The van der Waals surface area contributed by atoms with Gasteiger partial charge in [0.05, 0.1) is 11.6 Å². The van der Waals surface area contributed by atoms with Gasteiger partial charge in [-0.1, -0.05) is 41.9 Å². The van der Waals surface area contributed by atoms with Crippen LogP contribution in [0.1, 0.15) is 23.6 Å². The van der Waals surface area contributed by atoms with Crippen LogP contribution in [0.3, 0.4) is 0 Å². The first-order chi connectivity index (χ1) is 13.0. The van der Waals surface area contributed by atoms with Gasteiger partial charge in [0.25, 0.3) is 11.7 Å². The number of benzene rings is 2. The summed E-state index contributed by atoms with van der Waals surface area (Å²) in [5.41, 5.74) is 1.30. The highest BCUT2D eigenvalue weighted by Crippen LogP contribution is 2.39. The molecule has 6 heteroatoms. The second kappa shape index (κ2) is 8.37. The minimum atomic E-state index is -0.686. The molecule has 2 aromatic carbocycles. The third-order valence-electron chi connectivity index (χ3n) is 4.52. The Morgan fingerprint density at radius 1 is 1.11 bits per heavy atom. The van der Waals surface area contributed by atoms with Crippen LogP contribution in [-0.2, 0) is 14.3 Å². The molecule has 1 N–H and O–H groups in total. The zero-order valence-electron chi connectivity index (χ0n) is 14.9. The Morgan fingerprint density at radius 3 is 2.41 bits per heavy atom. The first kappa shape index (κ1) is 19.1. The Labute approximate surface area is 162 Å². The van der Waals surface area contributed by atoms with Gasteiger partial charge in [-0.3, -0.25) is 9.59 Å². The monoisotopic (exact) mass is 385 g/mol. The number of carbonyl (C=O) groups is 2. The van der Waals surface area contributed by atoms with Gasteiger partial charge in [0.2, 0.25) is 0 Å². The van der Waals surface area contributed by atoms with Gasteiger partial charge in [0.15, 0.2) is 0 Å². The van der Waals surface area contributed by atoms with Crippen LogP contribution in [0.2, 0.25) is 5.02 Å². The average Bonchev–Trinajstić information content (AvgIpc) is 2.94. The molecule has 1 aliphatic rings. The first-order valence-corrected chi connectivity index (χ1v) is 9.00. The van der Waals surface area contributed by atoms with Crippen LogP contribution in [0.4, 0.5) is 0 Å². The quantitative estimate of drug-likeness (QED) is 0.355. The molecule has 1 heterocycles. The van der Waals surface area contributed by atoms with Crippen LogP contribution >= 0.6 is 11.6 Å². The molecule has 5 nitrogen and oxygen atoms in total. The number of aliphatic hydroxyl groups excluding tert-OH is 1. The fourth-order valence-electron chi connectivity index (χ4n) is 3.24. The molecule has 0 aliphatic carbocycles. The van der Waals surface area contributed by atoms with E-state index in [1.165, 1.54) is 4.90 Å². The van der Waals surface area contributed by atoms with Gasteiger partial charge in [0, 0.05) is 30.8 Å². The minimum absolute atomic E-state index is 0.0888. The summed E-state index contributed by atoms with van der Waals surface area (Å²) in [6.45, 7) is 0.830. The van der Waals surface area contributed by atoms with E-state index in [1.54, 1.807) is 31.4 Å². The Balaban J connectivity index is 2.09. The van der Waals surface area contributed by atoms with Crippen molar-refractivity contribution in [2.24, 2.45) is 0 Å². The summed E-state index contributed by atoms with van der Waals surface area (Å²) in [5.74, 6) is -1.50. The molecule has 1 amide bonds. The molecule has 0 bridgehead atoms. The van der Waals surface area contributed by atoms with E-state index in [1.807, 2.05) is 30.3 Å². The van der Waals surface area contributed by atoms with Crippen LogP contribution in [-0.4, -0.2) is 42.0 Å². The van der Waals surface area contributed by atoms with E-state index in [0.717, 1.165) is 5.56 Å². The van der Waals surface area contributed by atoms with E-state index >= 15 is 0 Å².